The number of carbonyl (C=O) groups is 1. The van der Waals surface area contributed by atoms with Crippen molar-refractivity contribution >= 4 is 5.91 Å². The molecular formula is C21H25NO2. The first-order chi connectivity index (χ1) is 11.8. The molecule has 1 fully saturated rings. The minimum Gasteiger partial charge on any atom is -0.381 e. The van der Waals surface area contributed by atoms with Gasteiger partial charge in [0.1, 0.15) is 0 Å². The van der Waals surface area contributed by atoms with Crippen molar-refractivity contribution in [3.8, 4) is 0 Å². The van der Waals surface area contributed by atoms with Gasteiger partial charge in [-0.25, -0.2) is 0 Å². The highest BCUT2D eigenvalue weighted by Gasteiger charge is 2.22. The quantitative estimate of drug-likeness (QED) is 0.714. The molecular weight excluding hydrogens is 298 g/mol. The van der Waals surface area contributed by atoms with Crippen molar-refractivity contribution in [3.63, 3.8) is 0 Å². The van der Waals surface area contributed by atoms with Crippen LogP contribution in [-0.4, -0.2) is 25.7 Å². The average Bonchev–Trinajstić information content (AvgIpc) is 3.44. The van der Waals surface area contributed by atoms with Crippen LogP contribution in [0.3, 0.4) is 0 Å². The maximum atomic E-state index is 12.7. The topological polar surface area (TPSA) is 38.3 Å². The molecule has 126 valence electrons. The number of nitrogens with one attached hydrogen (secondary N) is 1. The molecule has 1 aliphatic rings. The minimum absolute atomic E-state index is 0.0505. The van der Waals surface area contributed by atoms with Crippen LogP contribution in [0.5, 0.6) is 0 Å². The molecule has 0 atom stereocenters. The maximum Gasteiger partial charge on any atom is 0.232 e. The number of hydrogen-bond acceptors (Lipinski definition) is 2. The Morgan fingerprint density at radius 3 is 2.12 bits per heavy atom. The summed E-state index contributed by atoms with van der Waals surface area (Å²) >= 11 is 0. The fourth-order valence-corrected chi connectivity index (χ4v) is 2.81. The van der Waals surface area contributed by atoms with Gasteiger partial charge in [-0.3, -0.25) is 4.79 Å². The van der Waals surface area contributed by atoms with Crippen molar-refractivity contribution in [1.82, 2.24) is 5.32 Å². The average molecular weight is 323 g/mol. The summed E-state index contributed by atoms with van der Waals surface area (Å²) in [5, 5.41) is 3.06. The molecule has 1 N–H and O–H groups in total. The Hall–Kier alpha value is -2.13. The van der Waals surface area contributed by atoms with Gasteiger partial charge in [0.05, 0.1) is 5.92 Å². The van der Waals surface area contributed by atoms with E-state index in [1.165, 1.54) is 12.8 Å². The van der Waals surface area contributed by atoms with Crippen LogP contribution in [0.1, 0.15) is 36.3 Å². The summed E-state index contributed by atoms with van der Waals surface area (Å²) in [6.07, 6.45) is 3.48. The highest BCUT2D eigenvalue weighted by atomic mass is 16.5. The SMILES string of the molecule is O=C(NCCCOCC1CC1)C(c1ccccc1)c1ccccc1. The number of carbonyl (C=O) groups excluding carboxylic acids is 1. The number of amides is 1. The second kappa shape index (κ2) is 8.65. The fraction of sp³-hybridized carbons (Fsp3) is 0.381. The largest absolute Gasteiger partial charge is 0.381 e. The smallest absolute Gasteiger partial charge is 0.232 e. The highest BCUT2D eigenvalue weighted by Crippen LogP contribution is 2.28. The van der Waals surface area contributed by atoms with Gasteiger partial charge in [-0.2, -0.15) is 0 Å². The Kier molecular flexibility index (Phi) is 6.02. The number of ether oxygens (including phenoxy) is 1. The molecule has 0 aliphatic heterocycles. The monoisotopic (exact) mass is 323 g/mol. The first kappa shape index (κ1) is 16.7. The Labute approximate surface area is 144 Å². The standard InChI is InChI=1S/C21H25NO2/c23-21(22-14-7-15-24-16-17-12-13-17)20(18-8-3-1-4-9-18)19-10-5-2-6-11-19/h1-6,8-11,17,20H,7,12-16H2,(H,22,23). The van der Waals surface area contributed by atoms with E-state index in [9.17, 15) is 4.79 Å². The molecule has 0 spiro atoms. The van der Waals surface area contributed by atoms with Gasteiger partial charge in [-0.1, -0.05) is 60.7 Å². The zero-order valence-electron chi connectivity index (χ0n) is 14.0. The molecule has 0 aromatic heterocycles. The van der Waals surface area contributed by atoms with E-state index in [1.807, 2.05) is 60.7 Å². The van der Waals surface area contributed by atoms with Gasteiger partial charge in [-0.05, 0) is 36.3 Å². The summed E-state index contributed by atoms with van der Waals surface area (Å²) in [5.74, 6) is 0.578. The summed E-state index contributed by atoms with van der Waals surface area (Å²) in [7, 11) is 0. The molecule has 3 heteroatoms. The predicted molar refractivity (Wildman–Crippen MR) is 95.9 cm³/mol. The van der Waals surface area contributed by atoms with Gasteiger partial charge in [0.25, 0.3) is 0 Å². The molecule has 3 rings (SSSR count). The van der Waals surface area contributed by atoms with Crippen molar-refractivity contribution in [3.05, 3.63) is 71.8 Å². The first-order valence-electron chi connectivity index (χ1n) is 8.80. The molecule has 1 aliphatic carbocycles. The molecule has 0 bridgehead atoms. The second-order valence-corrected chi connectivity index (χ2v) is 6.42. The summed E-state index contributed by atoms with van der Waals surface area (Å²) in [6.45, 7) is 2.25. The van der Waals surface area contributed by atoms with E-state index >= 15 is 0 Å². The Morgan fingerprint density at radius 1 is 1.00 bits per heavy atom. The molecule has 1 amide bonds. The van der Waals surface area contributed by atoms with Crippen LogP contribution in [0.15, 0.2) is 60.7 Å². The lowest BCUT2D eigenvalue weighted by Gasteiger charge is -2.18. The van der Waals surface area contributed by atoms with Crippen molar-refractivity contribution in [2.75, 3.05) is 19.8 Å². The third-order valence-electron chi connectivity index (χ3n) is 4.34. The summed E-state index contributed by atoms with van der Waals surface area (Å²) < 4.78 is 5.62. The highest BCUT2D eigenvalue weighted by molar-refractivity contribution is 5.87. The number of benzene rings is 2. The molecule has 3 nitrogen and oxygen atoms in total. The van der Waals surface area contributed by atoms with Crippen LogP contribution >= 0.6 is 0 Å². The van der Waals surface area contributed by atoms with Gasteiger partial charge in [0, 0.05) is 19.8 Å². The van der Waals surface area contributed by atoms with Gasteiger partial charge >= 0.3 is 0 Å². The van der Waals surface area contributed by atoms with Crippen molar-refractivity contribution in [1.29, 1.82) is 0 Å². The molecule has 1 saturated carbocycles. The van der Waals surface area contributed by atoms with E-state index in [1.54, 1.807) is 0 Å². The van der Waals surface area contributed by atoms with Crippen LogP contribution in [-0.2, 0) is 9.53 Å². The molecule has 2 aromatic rings. The van der Waals surface area contributed by atoms with Gasteiger partial charge in [-0.15, -0.1) is 0 Å². The first-order valence-corrected chi connectivity index (χ1v) is 8.80. The van der Waals surface area contributed by atoms with Crippen LogP contribution < -0.4 is 5.32 Å². The van der Waals surface area contributed by atoms with Crippen LogP contribution in [0, 0.1) is 5.92 Å². The fourth-order valence-electron chi connectivity index (χ4n) is 2.81. The summed E-state index contributed by atoms with van der Waals surface area (Å²) in [5.41, 5.74) is 2.04. The van der Waals surface area contributed by atoms with E-state index in [0.29, 0.717) is 6.54 Å². The molecule has 0 saturated heterocycles. The number of rotatable bonds is 9. The van der Waals surface area contributed by atoms with Crippen molar-refractivity contribution in [2.24, 2.45) is 5.92 Å². The molecule has 0 unspecified atom stereocenters. The van der Waals surface area contributed by atoms with Crippen LogP contribution in [0.2, 0.25) is 0 Å². The second-order valence-electron chi connectivity index (χ2n) is 6.42. The molecule has 0 heterocycles. The van der Waals surface area contributed by atoms with Crippen LogP contribution in [0.4, 0.5) is 0 Å². The Balaban J connectivity index is 1.55. The minimum atomic E-state index is -0.264. The van der Waals surface area contributed by atoms with Gasteiger partial charge in [0.15, 0.2) is 0 Å². The predicted octanol–water partition coefficient (Wildman–Crippen LogP) is 3.75. The lowest BCUT2D eigenvalue weighted by Crippen LogP contribution is -2.31. The van der Waals surface area contributed by atoms with Crippen molar-refractivity contribution in [2.45, 2.75) is 25.2 Å². The molecule has 2 aromatic carbocycles. The van der Waals surface area contributed by atoms with E-state index in [0.717, 1.165) is 36.7 Å². The summed E-state index contributed by atoms with van der Waals surface area (Å²) in [6, 6.07) is 19.9. The van der Waals surface area contributed by atoms with Gasteiger partial charge in [0.2, 0.25) is 5.91 Å². The Bertz CT molecular complexity index is 583. The zero-order valence-corrected chi connectivity index (χ0v) is 14.0. The van der Waals surface area contributed by atoms with Gasteiger partial charge < -0.3 is 10.1 Å². The van der Waals surface area contributed by atoms with Crippen molar-refractivity contribution < 1.29 is 9.53 Å². The normalized spacial score (nSPS) is 13.9. The summed E-state index contributed by atoms with van der Waals surface area (Å²) in [4.78, 5) is 12.7. The van der Waals surface area contributed by atoms with E-state index in [2.05, 4.69) is 5.32 Å². The van der Waals surface area contributed by atoms with E-state index < -0.39 is 0 Å². The lowest BCUT2D eigenvalue weighted by atomic mass is 9.90. The third-order valence-corrected chi connectivity index (χ3v) is 4.34. The van der Waals surface area contributed by atoms with E-state index in [-0.39, 0.29) is 11.8 Å². The van der Waals surface area contributed by atoms with Crippen LogP contribution in [0.25, 0.3) is 0 Å². The zero-order chi connectivity index (χ0) is 16.6. The van der Waals surface area contributed by atoms with E-state index in [4.69, 9.17) is 4.74 Å². The maximum absolute atomic E-state index is 12.7. The third kappa shape index (κ3) is 4.93. The lowest BCUT2D eigenvalue weighted by molar-refractivity contribution is -0.121. The molecule has 24 heavy (non-hydrogen) atoms. The number of hydrogen-bond donors (Lipinski definition) is 1. The molecule has 0 radical (unpaired) electrons. The Morgan fingerprint density at radius 2 is 1.58 bits per heavy atom.